The van der Waals surface area contributed by atoms with Crippen molar-refractivity contribution in [1.29, 1.82) is 0 Å². The number of nitrogens with one attached hydrogen (secondary N) is 1. The van der Waals surface area contributed by atoms with Crippen LogP contribution in [0.3, 0.4) is 0 Å². The normalized spacial score (nSPS) is 17.0. The predicted molar refractivity (Wildman–Crippen MR) is 107 cm³/mol. The van der Waals surface area contributed by atoms with Gasteiger partial charge in [0.1, 0.15) is 17.6 Å². The molecular formula is C20H20N4O2S. The first kappa shape index (κ1) is 17.6. The SMILES string of the molecule is CNC1=Nc2ncccc2C(c2ccco2)=NC1c1cc(C(C)(C)O)cs1. The van der Waals surface area contributed by atoms with E-state index in [1.165, 1.54) is 0 Å². The largest absolute Gasteiger partial charge is 0.463 e. The average Bonchev–Trinajstić information content (AvgIpc) is 3.31. The van der Waals surface area contributed by atoms with Crippen LogP contribution in [0, 0.1) is 0 Å². The number of aliphatic imine (C=N–C) groups is 2. The molecule has 6 nitrogen and oxygen atoms in total. The van der Waals surface area contributed by atoms with Gasteiger partial charge in [-0.25, -0.2) is 9.98 Å². The van der Waals surface area contributed by atoms with Crippen LogP contribution in [0.25, 0.3) is 0 Å². The highest BCUT2D eigenvalue weighted by molar-refractivity contribution is 7.10. The lowest BCUT2D eigenvalue weighted by atomic mass is 10.0. The fourth-order valence-corrected chi connectivity index (χ4v) is 4.03. The summed E-state index contributed by atoms with van der Waals surface area (Å²) in [6.45, 7) is 3.55. The van der Waals surface area contributed by atoms with Gasteiger partial charge in [-0.15, -0.1) is 11.3 Å². The molecule has 2 N–H and O–H groups in total. The van der Waals surface area contributed by atoms with Crippen LogP contribution in [0.15, 0.2) is 62.6 Å². The van der Waals surface area contributed by atoms with Crippen molar-refractivity contribution in [2.24, 2.45) is 9.98 Å². The monoisotopic (exact) mass is 380 g/mol. The number of hydrogen-bond acceptors (Lipinski definition) is 7. The Bertz CT molecular complexity index is 1010. The number of nitrogens with zero attached hydrogens (tertiary/aromatic N) is 3. The Morgan fingerprint density at radius 1 is 1.26 bits per heavy atom. The highest BCUT2D eigenvalue weighted by Gasteiger charge is 2.28. The highest BCUT2D eigenvalue weighted by atomic mass is 32.1. The Labute approximate surface area is 161 Å². The second-order valence-electron chi connectivity index (χ2n) is 6.78. The number of aliphatic hydroxyl groups is 1. The maximum absolute atomic E-state index is 10.3. The molecule has 0 spiro atoms. The number of rotatable bonds is 3. The van der Waals surface area contributed by atoms with E-state index < -0.39 is 5.60 Å². The van der Waals surface area contributed by atoms with Gasteiger partial charge < -0.3 is 14.8 Å². The van der Waals surface area contributed by atoms with E-state index in [9.17, 15) is 5.11 Å². The van der Waals surface area contributed by atoms with Crippen molar-refractivity contribution < 1.29 is 9.52 Å². The van der Waals surface area contributed by atoms with Crippen LogP contribution in [-0.4, -0.2) is 28.7 Å². The first-order valence-electron chi connectivity index (χ1n) is 8.62. The van der Waals surface area contributed by atoms with Crippen LogP contribution in [0.4, 0.5) is 5.82 Å². The maximum Gasteiger partial charge on any atom is 0.163 e. The Balaban J connectivity index is 1.90. The van der Waals surface area contributed by atoms with Crippen LogP contribution in [0.2, 0.25) is 0 Å². The van der Waals surface area contributed by atoms with Gasteiger partial charge in [0.2, 0.25) is 0 Å². The standard InChI is InChI=1S/C20H20N4O2S/c1-20(2,25)12-10-15(27-11-12)17-19(21-3)24-18-13(6-4-8-22-18)16(23-17)14-7-5-9-26-14/h4-11,17,25H,1-3H3,(H,21,22,24). The molecule has 0 amide bonds. The molecule has 0 saturated heterocycles. The van der Waals surface area contributed by atoms with Crippen molar-refractivity contribution in [3.63, 3.8) is 0 Å². The van der Waals surface area contributed by atoms with Crippen LogP contribution >= 0.6 is 11.3 Å². The summed E-state index contributed by atoms with van der Waals surface area (Å²) in [6.07, 6.45) is 3.35. The Kier molecular flexibility index (Phi) is 4.41. The topological polar surface area (TPSA) is 83.0 Å². The molecule has 0 saturated carbocycles. The number of aromatic nitrogens is 1. The van der Waals surface area contributed by atoms with Crippen molar-refractivity contribution in [3.8, 4) is 0 Å². The molecule has 3 aromatic rings. The second-order valence-corrected chi connectivity index (χ2v) is 7.72. The number of hydrogen-bond donors (Lipinski definition) is 2. The van der Waals surface area contributed by atoms with Gasteiger partial charge in [0.05, 0.1) is 11.9 Å². The fourth-order valence-electron chi connectivity index (χ4n) is 2.92. The minimum Gasteiger partial charge on any atom is -0.463 e. The maximum atomic E-state index is 10.3. The molecule has 1 atom stereocenters. The Morgan fingerprint density at radius 3 is 2.78 bits per heavy atom. The van der Waals surface area contributed by atoms with Gasteiger partial charge >= 0.3 is 0 Å². The van der Waals surface area contributed by atoms with E-state index in [4.69, 9.17) is 14.4 Å². The number of thiophene rings is 1. The van der Waals surface area contributed by atoms with Crippen LogP contribution in [0.5, 0.6) is 0 Å². The molecule has 0 aromatic carbocycles. The molecular weight excluding hydrogens is 360 g/mol. The summed E-state index contributed by atoms with van der Waals surface area (Å²) < 4.78 is 5.63. The lowest BCUT2D eigenvalue weighted by Crippen LogP contribution is -2.24. The third-order valence-corrected chi connectivity index (χ3v) is 5.38. The van der Waals surface area contributed by atoms with E-state index in [0.29, 0.717) is 23.1 Å². The lowest BCUT2D eigenvalue weighted by molar-refractivity contribution is 0.0790. The number of furan rings is 1. The van der Waals surface area contributed by atoms with Crippen molar-refractivity contribution >= 4 is 28.7 Å². The van der Waals surface area contributed by atoms with Gasteiger partial charge in [-0.3, -0.25) is 4.99 Å². The fraction of sp³-hybridized carbons (Fsp3) is 0.250. The van der Waals surface area contributed by atoms with Crippen molar-refractivity contribution in [2.45, 2.75) is 25.5 Å². The van der Waals surface area contributed by atoms with Crippen LogP contribution < -0.4 is 5.32 Å². The van der Waals surface area contributed by atoms with Crippen LogP contribution in [-0.2, 0) is 5.60 Å². The number of likely N-dealkylation sites (N-methyl/N-ethyl adjacent to an activating group) is 1. The predicted octanol–water partition coefficient (Wildman–Crippen LogP) is 3.81. The molecule has 138 valence electrons. The van der Waals surface area contributed by atoms with Gasteiger partial charge in [0, 0.05) is 23.7 Å². The highest BCUT2D eigenvalue weighted by Crippen LogP contribution is 2.35. The molecule has 3 aromatic heterocycles. The van der Waals surface area contributed by atoms with Gasteiger partial charge in [-0.1, -0.05) is 0 Å². The number of fused-ring (bicyclic) bond motifs is 1. The van der Waals surface area contributed by atoms with Gasteiger partial charge in [0.15, 0.2) is 11.6 Å². The summed E-state index contributed by atoms with van der Waals surface area (Å²) in [5.41, 5.74) is 1.48. The summed E-state index contributed by atoms with van der Waals surface area (Å²) >= 11 is 1.55. The van der Waals surface area contributed by atoms with Crippen molar-refractivity contribution in [3.05, 3.63) is 69.9 Å². The third kappa shape index (κ3) is 3.31. The van der Waals surface area contributed by atoms with Crippen LogP contribution in [0.1, 0.15) is 41.7 Å². The summed E-state index contributed by atoms with van der Waals surface area (Å²) in [4.78, 5) is 15.1. The molecule has 4 rings (SSSR count). The zero-order valence-electron chi connectivity index (χ0n) is 15.3. The Morgan fingerprint density at radius 2 is 2.11 bits per heavy atom. The molecule has 7 heteroatoms. The van der Waals surface area contributed by atoms with E-state index in [0.717, 1.165) is 16.0 Å². The number of amidine groups is 1. The van der Waals surface area contributed by atoms with E-state index in [1.807, 2.05) is 42.8 Å². The summed E-state index contributed by atoms with van der Waals surface area (Å²) in [5, 5.41) is 15.4. The molecule has 0 bridgehead atoms. The molecule has 1 aliphatic rings. The first-order chi connectivity index (χ1) is 13.0. The third-order valence-electron chi connectivity index (χ3n) is 4.39. The molecule has 27 heavy (non-hydrogen) atoms. The molecule has 1 unspecified atom stereocenters. The van der Waals surface area contributed by atoms with Crippen molar-refractivity contribution in [2.75, 3.05) is 7.05 Å². The zero-order chi connectivity index (χ0) is 19.0. The molecule has 1 aliphatic heterocycles. The Hall–Kier alpha value is -2.77. The van der Waals surface area contributed by atoms with Gasteiger partial charge in [0.25, 0.3) is 0 Å². The number of pyridine rings is 1. The first-order valence-corrected chi connectivity index (χ1v) is 9.50. The van der Waals surface area contributed by atoms with Crippen molar-refractivity contribution in [1.82, 2.24) is 10.3 Å². The quantitative estimate of drug-likeness (QED) is 0.724. The molecule has 0 aliphatic carbocycles. The van der Waals surface area contributed by atoms with Gasteiger partial charge in [-0.2, -0.15) is 0 Å². The summed E-state index contributed by atoms with van der Waals surface area (Å²) in [5.74, 6) is 1.96. The molecule has 4 heterocycles. The minimum atomic E-state index is -0.908. The average molecular weight is 380 g/mol. The van der Waals surface area contributed by atoms with Gasteiger partial charge in [-0.05, 0) is 55.1 Å². The second kappa shape index (κ2) is 6.75. The molecule has 0 fully saturated rings. The zero-order valence-corrected chi connectivity index (χ0v) is 16.1. The minimum absolute atomic E-state index is 0.342. The van der Waals surface area contributed by atoms with E-state index >= 15 is 0 Å². The van der Waals surface area contributed by atoms with E-state index in [2.05, 4.69) is 10.3 Å². The summed E-state index contributed by atoms with van der Waals surface area (Å²) in [7, 11) is 1.83. The smallest absolute Gasteiger partial charge is 0.163 e. The van der Waals surface area contributed by atoms with E-state index in [-0.39, 0.29) is 6.04 Å². The lowest BCUT2D eigenvalue weighted by Gasteiger charge is -2.16. The summed E-state index contributed by atoms with van der Waals surface area (Å²) in [6, 6.07) is 9.17. The van der Waals surface area contributed by atoms with E-state index in [1.54, 1.807) is 37.6 Å². The molecule has 0 radical (unpaired) electrons.